The Morgan fingerprint density at radius 1 is 1.06 bits per heavy atom. The maximum Gasteiger partial charge on any atom is 0.226 e. The number of carbonyl (C=O) groups is 1. The highest BCUT2D eigenvalue weighted by Gasteiger charge is 2.17. The van der Waals surface area contributed by atoms with Crippen molar-refractivity contribution >= 4 is 5.78 Å². The highest BCUT2D eigenvalue weighted by Crippen LogP contribution is 2.34. The normalized spacial score (nSPS) is 13.7. The number of nitrogens with zero attached hydrogens (tertiary/aromatic N) is 1. The van der Waals surface area contributed by atoms with Crippen LogP contribution in [0.2, 0.25) is 0 Å². The Morgan fingerprint density at radius 3 is 2.68 bits per heavy atom. The Kier molecular flexibility index (Phi) is 8.23. The molecule has 0 unspecified atom stereocenters. The predicted octanol–water partition coefficient (Wildman–Crippen LogP) is 6.52. The third-order valence-corrected chi connectivity index (χ3v) is 6.32. The van der Waals surface area contributed by atoms with Crippen LogP contribution in [0, 0.1) is 5.92 Å². The zero-order chi connectivity index (χ0) is 23.8. The third-order valence-electron chi connectivity index (χ3n) is 6.32. The summed E-state index contributed by atoms with van der Waals surface area (Å²) in [5.41, 5.74) is 2.15. The van der Waals surface area contributed by atoms with Gasteiger partial charge in [0, 0.05) is 18.4 Å². The highest BCUT2D eigenvalue weighted by atomic mass is 16.5. The Hall–Kier alpha value is -3.28. The lowest BCUT2D eigenvalue weighted by Crippen LogP contribution is -2.05. The second-order valence-corrected chi connectivity index (χ2v) is 8.65. The minimum atomic E-state index is 0.0241. The van der Waals surface area contributed by atoms with Crippen LogP contribution in [-0.2, 0) is 6.42 Å². The van der Waals surface area contributed by atoms with Crippen molar-refractivity contribution in [2.45, 2.75) is 51.9 Å². The Bertz CT molecular complexity index is 1080. The number of hydrogen-bond donors (Lipinski definition) is 0. The molecule has 2 aromatic carbocycles. The third kappa shape index (κ3) is 5.99. The lowest BCUT2D eigenvalue weighted by atomic mass is 10.0. The predicted molar refractivity (Wildman–Crippen MR) is 131 cm³/mol. The van der Waals surface area contributed by atoms with Crippen molar-refractivity contribution in [1.29, 1.82) is 0 Å². The molecule has 1 aromatic heterocycles. The van der Waals surface area contributed by atoms with Gasteiger partial charge >= 0.3 is 0 Å². The van der Waals surface area contributed by atoms with Crippen LogP contribution in [0.15, 0.2) is 53.1 Å². The van der Waals surface area contributed by atoms with E-state index in [-0.39, 0.29) is 5.78 Å². The summed E-state index contributed by atoms with van der Waals surface area (Å²) in [4.78, 5) is 17.3. The van der Waals surface area contributed by atoms with E-state index in [1.54, 1.807) is 19.4 Å². The fourth-order valence-corrected chi connectivity index (χ4v) is 4.47. The molecule has 0 amide bonds. The van der Waals surface area contributed by atoms with Crippen molar-refractivity contribution in [1.82, 2.24) is 4.98 Å². The number of ether oxygens (including phenoxy) is 3. The van der Waals surface area contributed by atoms with Crippen molar-refractivity contribution in [3.8, 4) is 28.7 Å². The number of ketones is 1. The monoisotopic (exact) mass is 463 g/mol. The molecule has 1 aliphatic carbocycles. The molecule has 1 aliphatic rings. The van der Waals surface area contributed by atoms with Crippen molar-refractivity contribution < 1.29 is 23.4 Å². The number of hydrogen-bond acceptors (Lipinski definition) is 6. The van der Waals surface area contributed by atoms with E-state index in [1.807, 2.05) is 43.3 Å². The van der Waals surface area contributed by atoms with Gasteiger partial charge in [0.1, 0.15) is 12.0 Å². The molecule has 6 heteroatoms. The fourth-order valence-electron chi connectivity index (χ4n) is 4.47. The summed E-state index contributed by atoms with van der Waals surface area (Å²) >= 11 is 0. The number of benzene rings is 2. The maximum atomic E-state index is 12.7. The van der Waals surface area contributed by atoms with Crippen LogP contribution in [0.5, 0.6) is 17.2 Å². The SMILES string of the molecule is CCOc1ccccc1C(=O)CCc1coc(-c2ccc(OC)c(OCCC3CCCC3)c2)n1. The van der Waals surface area contributed by atoms with E-state index < -0.39 is 0 Å². The fraction of sp³-hybridized carbons (Fsp3) is 0.429. The molecule has 4 rings (SSSR count). The van der Waals surface area contributed by atoms with Gasteiger partial charge < -0.3 is 18.6 Å². The molecule has 6 nitrogen and oxygen atoms in total. The first-order chi connectivity index (χ1) is 16.7. The molecule has 0 atom stereocenters. The topological polar surface area (TPSA) is 70.8 Å². The first-order valence-electron chi connectivity index (χ1n) is 12.2. The number of rotatable bonds is 12. The summed E-state index contributed by atoms with van der Waals surface area (Å²) in [5, 5.41) is 0. The summed E-state index contributed by atoms with van der Waals surface area (Å²) < 4.78 is 22.8. The van der Waals surface area contributed by atoms with Gasteiger partial charge in [-0.15, -0.1) is 0 Å². The standard InChI is InChI=1S/C28H33NO5/c1-3-32-25-11-7-6-10-23(25)24(30)14-13-22-19-34-28(29-22)21-12-15-26(31-2)27(18-21)33-17-16-20-8-4-5-9-20/h6-7,10-12,15,18-20H,3-5,8-9,13-14,16-17H2,1-2H3. The number of para-hydroxylation sites is 1. The van der Waals surface area contributed by atoms with E-state index in [9.17, 15) is 4.79 Å². The van der Waals surface area contributed by atoms with Gasteiger partial charge in [0.05, 0.1) is 31.6 Å². The summed E-state index contributed by atoms with van der Waals surface area (Å²) in [7, 11) is 1.64. The minimum Gasteiger partial charge on any atom is -0.493 e. The summed E-state index contributed by atoms with van der Waals surface area (Å²) in [5.74, 6) is 3.30. The number of aromatic nitrogens is 1. The molecule has 1 heterocycles. The van der Waals surface area contributed by atoms with Gasteiger partial charge in [-0.25, -0.2) is 4.98 Å². The van der Waals surface area contributed by atoms with Crippen LogP contribution in [0.4, 0.5) is 0 Å². The molecular weight excluding hydrogens is 430 g/mol. The average molecular weight is 464 g/mol. The molecular formula is C28H33NO5. The van der Waals surface area contributed by atoms with Crippen molar-refractivity contribution in [3.63, 3.8) is 0 Å². The molecule has 0 saturated heterocycles. The lowest BCUT2D eigenvalue weighted by molar-refractivity contribution is 0.0979. The molecule has 0 radical (unpaired) electrons. The lowest BCUT2D eigenvalue weighted by Gasteiger charge is -2.13. The van der Waals surface area contributed by atoms with Crippen LogP contribution in [-0.4, -0.2) is 31.1 Å². The van der Waals surface area contributed by atoms with E-state index in [2.05, 4.69) is 4.98 Å². The van der Waals surface area contributed by atoms with Gasteiger partial charge in [-0.05, 0) is 49.6 Å². The molecule has 0 bridgehead atoms. The molecule has 180 valence electrons. The van der Waals surface area contributed by atoms with Crippen molar-refractivity contribution in [2.24, 2.45) is 5.92 Å². The zero-order valence-corrected chi connectivity index (χ0v) is 20.0. The first kappa shape index (κ1) is 23.9. The number of aryl methyl sites for hydroxylation is 1. The van der Waals surface area contributed by atoms with E-state index in [4.69, 9.17) is 18.6 Å². The van der Waals surface area contributed by atoms with Crippen LogP contribution in [0.1, 0.15) is 61.5 Å². The van der Waals surface area contributed by atoms with Crippen LogP contribution in [0.3, 0.4) is 0 Å². The van der Waals surface area contributed by atoms with E-state index >= 15 is 0 Å². The minimum absolute atomic E-state index is 0.0241. The van der Waals surface area contributed by atoms with Gasteiger partial charge in [-0.3, -0.25) is 4.79 Å². The molecule has 0 aliphatic heterocycles. The summed E-state index contributed by atoms with van der Waals surface area (Å²) in [6.45, 7) is 3.10. The number of carbonyl (C=O) groups excluding carboxylic acids is 1. The average Bonchev–Trinajstić information content (AvgIpc) is 3.55. The van der Waals surface area contributed by atoms with Gasteiger partial charge in [0.25, 0.3) is 0 Å². The van der Waals surface area contributed by atoms with Gasteiger partial charge in [0.15, 0.2) is 17.3 Å². The van der Waals surface area contributed by atoms with Crippen molar-refractivity contribution in [2.75, 3.05) is 20.3 Å². The van der Waals surface area contributed by atoms with Gasteiger partial charge in [-0.2, -0.15) is 0 Å². The second kappa shape index (κ2) is 11.7. The van der Waals surface area contributed by atoms with E-state index in [0.29, 0.717) is 54.8 Å². The summed E-state index contributed by atoms with van der Waals surface area (Å²) in [6, 6.07) is 13.0. The van der Waals surface area contributed by atoms with Crippen LogP contribution < -0.4 is 14.2 Å². The second-order valence-electron chi connectivity index (χ2n) is 8.65. The molecule has 0 spiro atoms. The molecule has 1 fully saturated rings. The van der Waals surface area contributed by atoms with E-state index in [1.165, 1.54) is 25.7 Å². The number of Topliss-reactive ketones (excluding diaryl/α,β-unsaturated/α-hetero) is 1. The quantitative estimate of drug-likeness (QED) is 0.285. The van der Waals surface area contributed by atoms with Gasteiger partial charge in [0.2, 0.25) is 5.89 Å². The molecule has 0 N–H and O–H groups in total. The Balaban J connectivity index is 1.38. The van der Waals surface area contributed by atoms with Crippen LogP contribution in [0.25, 0.3) is 11.5 Å². The molecule has 34 heavy (non-hydrogen) atoms. The smallest absolute Gasteiger partial charge is 0.226 e. The Labute approximate surface area is 201 Å². The largest absolute Gasteiger partial charge is 0.493 e. The molecule has 1 saturated carbocycles. The first-order valence-corrected chi connectivity index (χ1v) is 12.2. The van der Waals surface area contributed by atoms with Crippen molar-refractivity contribution in [3.05, 3.63) is 60.0 Å². The highest BCUT2D eigenvalue weighted by molar-refractivity contribution is 5.98. The zero-order valence-electron chi connectivity index (χ0n) is 20.0. The summed E-state index contributed by atoms with van der Waals surface area (Å²) in [6.07, 6.45) is 8.77. The van der Waals surface area contributed by atoms with Crippen LogP contribution >= 0.6 is 0 Å². The Morgan fingerprint density at radius 2 is 1.88 bits per heavy atom. The van der Waals surface area contributed by atoms with Gasteiger partial charge in [-0.1, -0.05) is 37.8 Å². The maximum absolute atomic E-state index is 12.7. The number of methoxy groups -OCH3 is 1. The molecule has 3 aromatic rings. The van der Waals surface area contributed by atoms with E-state index in [0.717, 1.165) is 23.6 Å². The number of oxazole rings is 1.